The lowest BCUT2D eigenvalue weighted by Crippen LogP contribution is -2.10. The van der Waals surface area contributed by atoms with E-state index in [-0.39, 0.29) is 0 Å². The lowest BCUT2D eigenvalue weighted by molar-refractivity contribution is 1.31. The van der Waals surface area contributed by atoms with E-state index in [4.69, 9.17) is 0 Å². The van der Waals surface area contributed by atoms with E-state index in [1.54, 1.807) is 0 Å². The first-order chi connectivity index (χ1) is 24.7. The van der Waals surface area contributed by atoms with Gasteiger partial charge in [0.2, 0.25) is 0 Å². The van der Waals surface area contributed by atoms with E-state index in [0.717, 1.165) is 11.4 Å². The fourth-order valence-electron chi connectivity index (χ4n) is 7.47. The molecule has 0 bridgehead atoms. The third-order valence-corrected chi connectivity index (χ3v) is 11.1. The Kier molecular flexibility index (Phi) is 6.75. The molecule has 234 valence electrons. The van der Waals surface area contributed by atoms with Crippen molar-refractivity contribution in [1.29, 1.82) is 0 Å². The van der Waals surface area contributed by atoms with Gasteiger partial charge in [0.15, 0.2) is 0 Å². The molecule has 1 heterocycles. The van der Waals surface area contributed by atoms with Crippen LogP contribution in [0.1, 0.15) is 0 Å². The quantitative estimate of drug-likeness (QED) is 0.179. The van der Waals surface area contributed by atoms with Crippen LogP contribution in [0.4, 0.5) is 17.1 Å². The van der Waals surface area contributed by atoms with Crippen molar-refractivity contribution in [3.63, 3.8) is 0 Å². The summed E-state index contributed by atoms with van der Waals surface area (Å²) >= 11 is 1.86. The van der Waals surface area contributed by atoms with Gasteiger partial charge < -0.3 is 4.90 Å². The van der Waals surface area contributed by atoms with E-state index in [1.807, 2.05) is 11.3 Å². The second-order valence-corrected chi connectivity index (χ2v) is 14.1. The topological polar surface area (TPSA) is 3.24 Å². The molecule has 0 aliphatic heterocycles. The second-order valence-electron chi connectivity index (χ2n) is 13.0. The summed E-state index contributed by atoms with van der Waals surface area (Å²) in [4.78, 5) is 2.43. The van der Waals surface area contributed by atoms with Gasteiger partial charge in [0.05, 0.1) is 5.69 Å². The molecule has 0 saturated heterocycles. The predicted molar refractivity (Wildman–Crippen MR) is 217 cm³/mol. The predicted octanol–water partition coefficient (Wildman–Crippen LogP) is 14.3. The van der Waals surface area contributed by atoms with Crippen molar-refractivity contribution < 1.29 is 0 Å². The van der Waals surface area contributed by atoms with Gasteiger partial charge in [-0.15, -0.1) is 11.3 Å². The van der Waals surface area contributed by atoms with Crippen molar-refractivity contribution in [2.24, 2.45) is 0 Å². The highest BCUT2D eigenvalue weighted by Crippen LogP contribution is 2.43. The summed E-state index contributed by atoms with van der Waals surface area (Å²) in [6.07, 6.45) is 0. The summed E-state index contributed by atoms with van der Waals surface area (Å²) < 4.78 is 2.61. The molecular formula is C48H31NS. The zero-order valence-electron chi connectivity index (χ0n) is 27.3. The number of rotatable bonds is 5. The zero-order chi connectivity index (χ0) is 33.0. The van der Waals surface area contributed by atoms with Crippen LogP contribution in [0.2, 0.25) is 0 Å². The lowest BCUT2D eigenvalue weighted by atomic mass is 9.96. The van der Waals surface area contributed by atoms with Crippen molar-refractivity contribution in [2.45, 2.75) is 0 Å². The van der Waals surface area contributed by atoms with E-state index in [2.05, 4.69) is 193 Å². The molecule has 0 aliphatic rings. The standard InChI is InChI=1S/C48H31NS/c1-2-9-32(10-3-1)36-20-17-33-18-21-37(28-39(33)27-36)38-22-19-34-23-24-41(30-40(34)29-38)49(46-15-8-12-35-11-4-5-13-43(35)46)42-25-26-45-44-14-6-7-16-47(44)50-48(45)31-42/h1-31H. The monoisotopic (exact) mass is 653 g/mol. The van der Waals surface area contributed by atoms with Crippen LogP contribution in [0.5, 0.6) is 0 Å². The molecule has 0 aliphatic carbocycles. The van der Waals surface area contributed by atoms with Crippen molar-refractivity contribution in [2.75, 3.05) is 4.90 Å². The Balaban J connectivity index is 1.12. The molecule has 50 heavy (non-hydrogen) atoms. The van der Waals surface area contributed by atoms with Crippen molar-refractivity contribution in [3.05, 3.63) is 188 Å². The van der Waals surface area contributed by atoms with Crippen LogP contribution in [0.25, 0.3) is 74.7 Å². The Morgan fingerprint density at radius 1 is 0.300 bits per heavy atom. The van der Waals surface area contributed by atoms with Gasteiger partial charge in [0.25, 0.3) is 0 Å². The first-order valence-electron chi connectivity index (χ1n) is 17.1. The normalized spacial score (nSPS) is 11.6. The van der Waals surface area contributed by atoms with E-state index in [1.165, 1.54) is 80.4 Å². The molecule has 0 amide bonds. The second kappa shape index (κ2) is 11.7. The van der Waals surface area contributed by atoms with Gasteiger partial charge in [-0.2, -0.15) is 0 Å². The Bertz CT molecular complexity index is 2880. The van der Waals surface area contributed by atoms with E-state index in [0.29, 0.717) is 0 Å². The highest BCUT2D eigenvalue weighted by Gasteiger charge is 2.17. The molecule has 0 radical (unpaired) electrons. The largest absolute Gasteiger partial charge is 0.310 e. The molecule has 0 atom stereocenters. The highest BCUT2D eigenvalue weighted by molar-refractivity contribution is 7.25. The maximum Gasteiger partial charge on any atom is 0.0540 e. The first-order valence-corrected chi connectivity index (χ1v) is 17.9. The van der Waals surface area contributed by atoms with Crippen LogP contribution < -0.4 is 4.90 Å². The van der Waals surface area contributed by atoms with Gasteiger partial charge in [-0.1, -0.05) is 133 Å². The van der Waals surface area contributed by atoms with Crippen LogP contribution in [-0.4, -0.2) is 0 Å². The number of hydrogen-bond donors (Lipinski definition) is 0. The molecule has 0 saturated carbocycles. The summed E-state index contributed by atoms with van der Waals surface area (Å²) in [5.41, 5.74) is 8.36. The van der Waals surface area contributed by atoms with Crippen LogP contribution >= 0.6 is 11.3 Å². The number of fused-ring (bicyclic) bond motifs is 6. The molecule has 1 aromatic heterocycles. The smallest absolute Gasteiger partial charge is 0.0540 e. The Morgan fingerprint density at radius 2 is 0.860 bits per heavy atom. The van der Waals surface area contributed by atoms with E-state index < -0.39 is 0 Å². The summed E-state index contributed by atoms with van der Waals surface area (Å²) in [5.74, 6) is 0. The summed E-state index contributed by atoms with van der Waals surface area (Å²) in [6.45, 7) is 0. The van der Waals surface area contributed by atoms with Gasteiger partial charge >= 0.3 is 0 Å². The summed E-state index contributed by atoms with van der Waals surface area (Å²) in [7, 11) is 0. The fraction of sp³-hybridized carbons (Fsp3) is 0. The molecule has 0 unspecified atom stereocenters. The molecule has 10 rings (SSSR count). The van der Waals surface area contributed by atoms with Crippen molar-refractivity contribution >= 4 is 80.9 Å². The maximum atomic E-state index is 2.43. The van der Waals surface area contributed by atoms with Crippen LogP contribution in [0.15, 0.2) is 188 Å². The Hall–Kier alpha value is -6.22. The van der Waals surface area contributed by atoms with Crippen LogP contribution in [-0.2, 0) is 0 Å². The molecule has 0 fully saturated rings. The van der Waals surface area contributed by atoms with Crippen molar-refractivity contribution in [3.8, 4) is 22.3 Å². The summed E-state index contributed by atoms with van der Waals surface area (Å²) in [5, 5.41) is 10.0. The third-order valence-electron chi connectivity index (χ3n) is 9.99. The SMILES string of the molecule is c1ccc(-c2ccc3ccc(-c4ccc5ccc(N(c6ccc7c(c6)sc6ccccc67)c6cccc7ccccc67)cc5c4)cc3c2)cc1. The maximum absolute atomic E-state index is 2.43. The number of thiophene rings is 1. The minimum atomic E-state index is 1.14. The van der Waals surface area contributed by atoms with Gasteiger partial charge in [0, 0.05) is 36.9 Å². The van der Waals surface area contributed by atoms with Crippen LogP contribution in [0, 0.1) is 0 Å². The molecule has 0 N–H and O–H groups in total. The summed E-state index contributed by atoms with van der Waals surface area (Å²) in [6, 6.07) is 68.9. The molecule has 1 nitrogen and oxygen atoms in total. The van der Waals surface area contributed by atoms with Crippen molar-refractivity contribution in [1.82, 2.24) is 0 Å². The molecule has 2 heteroatoms. The average molecular weight is 654 g/mol. The number of benzene rings is 9. The number of hydrogen-bond acceptors (Lipinski definition) is 2. The molecule has 10 aromatic rings. The minimum absolute atomic E-state index is 1.14. The average Bonchev–Trinajstić information content (AvgIpc) is 3.56. The first kappa shape index (κ1) is 28.8. The molecule has 9 aromatic carbocycles. The van der Waals surface area contributed by atoms with Gasteiger partial charge in [-0.05, 0) is 104 Å². The van der Waals surface area contributed by atoms with Gasteiger partial charge in [0.1, 0.15) is 0 Å². The molecule has 0 spiro atoms. The minimum Gasteiger partial charge on any atom is -0.310 e. The molecular weight excluding hydrogens is 623 g/mol. The van der Waals surface area contributed by atoms with Gasteiger partial charge in [-0.25, -0.2) is 0 Å². The fourth-order valence-corrected chi connectivity index (χ4v) is 8.61. The number of anilines is 3. The van der Waals surface area contributed by atoms with Gasteiger partial charge in [-0.3, -0.25) is 0 Å². The number of nitrogens with zero attached hydrogens (tertiary/aromatic N) is 1. The lowest BCUT2D eigenvalue weighted by Gasteiger charge is -2.27. The van der Waals surface area contributed by atoms with E-state index >= 15 is 0 Å². The zero-order valence-corrected chi connectivity index (χ0v) is 28.1. The highest BCUT2D eigenvalue weighted by atomic mass is 32.1. The Morgan fingerprint density at radius 3 is 1.64 bits per heavy atom. The Labute approximate surface area is 294 Å². The third kappa shape index (κ3) is 4.92. The van der Waals surface area contributed by atoms with E-state index in [9.17, 15) is 0 Å². The van der Waals surface area contributed by atoms with Crippen LogP contribution in [0.3, 0.4) is 0 Å².